The van der Waals surface area contributed by atoms with Crippen molar-refractivity contribution in [3.63, 3.8) is 0 Å². The summed E-state index contributed by atoms with van der Waals surface area (Å²) in [7, 11) is 0. The van der Waals surface area contributed by atoms with E-state index in [1.54, 1.807) is 0 Å². The van der Waals surface area contributed by atoms with Crippen LogP contribution in [-0.4, -0.2) is 30.3 Å². The van der Waals surface area contributed by atoms with Crippen LogP contribution in [0, 0.1) is 0 Å². The second-order valence-corrected chi connectivity index (χ2v) is 2.97. The molecule has 0 amide bonds. The molecule has 0 saturated carbocycles. The molecule has 0 aromatic carbocycles. The minimum absolute atomic E-state index is 0.400. The first kappa shape index (κ1) is 5.69. The van der Waals surface area contributed by atoms with Crippen LogP contribution >= 0.6 is 0 Å². The zero-order valence-corrected chi connectivity index (χ0v) is 5.84. The molecular formula is C7H13NO. The molecule has 0 aromatic rings. The van der Waals surface area contributed by atoms with E-state index in [0.29, 0.717) is 6.23 Å². The van der Waals surface area contributed by atoms with Crippen LogP contribution in [0.25, 0.3) is 0 Å². The lowest BCUT2D eigenvalue weighted by molar-refractivity contribution is 0.0523. The molecule has 2 nitrogen and oxygen atoms in total. The predicted octanol–water partition coefficient (Wildman–Crippen LogP) is 0.827. The van der Waals surface area contributed by atoms with Crippen LogP contribution in [0.1, 0.15) is 19.8 Å². The van der Waals surface area contributed by atoms with Gasteiger partial charge in [-0.15, -0.1) is 0 Å². The third kappa shape index (κ3) is 0.775. The van der Waals surface area contributed by atoms with Gasteiger partial charge >= 0.3 is 0 Å². The third-order valence-electron chi connectivity index (χ3n) is 2.42. The van der Waals surface area contributed by atoms with Crippen LogP contribution in [0.15, 0.2) is 0 Å². The first-order valence-electron chi connectivity index (χ1n) is 3.75. The highest BCUT2D eigenvalue weighted by atomic mass is 16.5. The quantitative estimate of drug-likeness (QED) is 0.478. The average Bonchev–Trinajstić information content (AvgIpc) is 2.35. The highest BCUT2D eigenvalue weighted by Crippen LogP contribution is 2.26. The van der Waals surface area contributed by atoms with Crippen molar-refractivity contribution in [1.82, 2.24) is 4.90 Å². The van der Waals surface area contributed by atoms with Gasteiger partial charge in [0.2, 0.25) is 0 Å². The van der Waals surface area contributed by atoms with Gasteiger partial charge in [0, 0.05) is 12.6 Å². The molecule has 0 aromatic heterocycles. The van der Waals surface area contributed by atoms with Gasteiger partial charge in [-0.2, -0.15) is 0 Å². The van der Waals surface area contributed by atoms with Crippen molar-refractivity contribution in [3.8, 4) is 0 Å². The van der Waals surface area contributed by atoms with Gasteiger partial charge in [0.05, 0.1) is 6.61 Å². The Labute approximate surface area is 55.8 Å². The molecule has 1 unspecified atom stereocenters. The summed E-state index contributed by atoms with van der Waals surface area (Å²) in [5, 5.41) is 0. The lowest BCUT2D eigenvalue weighted by Gasteiger charge is -2.16. The minimum Gasteiger partial charge on any atom is -0.362 e. The van der Waals surface area contributed by atoms with Crippen LogP contribution in [0.4, 0.5) is 0 Å². The summed E-state index contributed by atoms with van der Waals surface area (Å²) >= 11 is 0. The summed E-state index contributed by atoms with van der Waals surface area (Å²) in [5.74, 6) is 0. The Morgan fingerprint density at radius 3 is 3.22 bits per heavy atom. The van der Waals surface area contributed by atoms with Gasteiger partial charge in [0.25, 0.3) is 0 Å². The molecule has 2 aliphatic rings. The maximum Gasteiger partial charge on any atom is 0.108 e. The molecule has 9 heavy (non-hydrogen) atoms. The second-order valence-electron chi connectivity index (χ2n) is 2.97. The SMILES string of the molecule is CC1OC[C@H]2CCCN12. The van der Waals surface area contributed by atoms with Crippen molar-refractivity contribution in [1.29, 1.82) is 0 Å². The zero-order valence-electron chi connectivity index (χ0n) is 5.84. The summed E-state index contributed by atoms with van der Waals surface area (Å²) in [6, 6.07) is 0.764. The summed E-state index contributed by atoms with van der Waals surface area (Å²) in [6.07, 6.45) is 3.13. The van der Waals surface area contributed by atoms with E-state index in [0.717, 1.165) is 12.6 Å². The molecule has 2 rings (SSSR count). The van der Waals surface area contributed by atoms with Crippen LogP contribution in [0.2, 0.25) is 0 Å². The van der Waals surface area contributed by atoms with Crippen molar-refractivity contribution < 1.29 is 4.74 Å². The molecule has 0 spiro atoms. The maximum atomic E-state index is 5.45. The van der Waals surface area contributed by atoms with E-state index in [2.05, 4.69) is 11.8 Å². The van der Waals surface area contributed by atoms with Crippen molar-refractivity contribution in [3.05, 3.63) is 0 Å². The number of nitrogens with zero attached hydrogens (tertiary/aromatic N) is 1. The fraction of sp³-hybridized carbons (Fsp3) is 1.00. The Morgan fingerprint density at radius 1 is 1.56 bits per heavy atom. The van der Waals surface area contributed by atoms with Gasteiger partial charge in [0.1, 0.15) is 6.23 Å². The lowest BCUT2D eigenvalue weighted by atomic mass is 10.2. The Hall–Kier alpha value is -0.0800. The second kappa shape index (κ2) is 1.96. The van der Waals surface area contributed by atoms with Gasteiger partial charge in [-0.1, -0.05) is 0 Å². The summed E-state index contributed by atoms with van der Waals surface area (Å²) in [5.41, 5.74) is 0. The topological polar surface area (TPSA) is 12.5 Å². The van der Waals surface area contributed by atoms with Crippen molar-refractivity contribution in [2.45, 2.75) is 32.0 Å². The molecule has 2 atom stereocenters. The highest BCUT2D eigenvalue weighted by Gasteiger charge is 2.34. The molecule has 2 aliphatic heterocycles. The van der Waals surface area contributed by atoms with E-state index in [4.69, 9.17) is 4.74 Å². The molecule has 2 fully saturated rings. The Balaban J connectivity index is 2.07. The monoisotopic (exact) mass is 127 g/mol. The number of hydrogen-bond donors (Lipinski definition) is 0. The van der Waals surface area contributed by atoms with Gasteiger partial charge in [-0.3, -0.25) is 4.90 Å². The Bertz CT molecular complexity index is 115. The van der Waals surface area contributed by atoms with Gasteiger partial charge in [-0.05, 0) is 19.8 Å². The third-order valence-corrected chi connectivity index (χ3v) is 2.42. The molecule has 0 aliphatic carbocycles. The molecular weight excluding hydrogens is 114 g/mol. The van der Waals surface area contributed by atoms with Crippen molar-refractivity contribution >= 4 is 0 Å². The molecule has 2 saturated heterocycles. The van der Waals surface area contributed by atoms with Crippen LogP contribution in [0.3, 0.4) is 0 Å². The fourth-order valence-electron chi connectivity index (χ4n) is 1.86. The highest BCUT2D eigenvalue weighted by molar-refractivity contribution is 4.84. The first-order chi connectivity index (χ1) is 4.38. The smallest absolute Gasteiger partial charge is 0.108 e. The van der Waals surface area contributed by atoms with Crippen molar-refractivity contribution in [2.24, 2.45) is 0 Å². The molecule has 2 heteroatoms. The van der Waals surface area contributed by atoms with E-state index in [1.807, 2.05) is 0 Å². The number of ether oxygens (including phenoxy) is 1. The number of rotatable bonds is 0. The fourth-order valence-corrected chi connectivity index (χ4v) is 1.86. The van der Waals surface area contributed by atoms with Crippen LogP contribution < -0.4 is 0 Å². The van der Waals surface area contributed by atoms with Crippen LogP contribution in [0.5, 0.6) is 0 Å². The van der Waals surface area contributed by atoms with E-state index in [-0.39, 0.29) is 0 Å². The van der Waals surface area contributed by atoms with Gasteiger partial charge < -0.3 is 4.74 Å². The first-order valence-corrected chi connectivity index (χ1v) is 3.75. The van der Waals surface area contributed by atoms with E-state index in [1.165, 1.54) is 19.4 Å². The Morgan fingerprint density at radius 2 is 2.44 bits per heavy atom. The lowest BCUT2D eigenvalue weighted by Crippen LogP contribution is -2.29. The number of hydrogen-bond acceptors (Lipinski definition) is 2. The average molecular weight is 127 g/mol. The molecule has 2 heterocycles. The summed E-state index contributed by atoms with van der Waals surface area (Å²) in [6.45, 7) is 4.37. The van der Waals surface area contributed by atoms with Gasteiger partial charge in [0.15, 0.2) is 0 Å². The molecule has 0 N–H and O–H groups in total. The standard InChI is InChI=1S/C7H13NO/c1-6-8-4-2-3-7(8)5-9-6/h6-7H,2-5H2,1H3/t6?,7-/m1/s1. The summed E-state index contributed by atoms with van der Waals surface area (Å²) < 4.78 is 5.45. The number of fused-ring (bicyclic) bond motifs is 1. The normalized spacial score (nSPS) is 43.7. The van der Waals surface area contributed by atoms with Crippen LogP contribution in [-0.2, 0) is 4.74 Å². The predicted molar refractivity (Wildman–Crippen MR) is 35.1 cm³/mol. The largest absolute Gasteiger partial charge is 0.362 e. The Kier molecular flexibility index (Phi) is 1.24. The summed E-state index contributed by atoms with van der Waals surface area (Å²) in [4.78, 5) is 2.46. The van der Waals surface area contributed by atoms with E-state index >= 15 is 0 Å². The maximum absolute atomic E-state index is 5.45. The zero-order chi connectivity index (χ0) is 6.27. The minimum atomic E-state index is 0.400. The van der Waals surface area contributed by atoms with E-state index < -0.39 is 0 Å². The molecule has 0 bridgehead atoms. The van der Waals surface area contributed by atoms with E-state index in [9.17, 15) is 0 Å². The van der Waals surface area contributed by atoms with Crippen molar-refractivity contribution in [2.75, 3.05) is 13.2 Å². The van der Waals surface area contributed by atoms with Gasteiger partial charge in [-0.25, -0.2) is 0 Å². The molecule has 52 valence electrons. The molecule has 0 radical (unpaired) electrons.